The van der Waals surface area contributed by atoms with Crippen molar-refractivity contribution in [3.8, 4) is 0 Å². The van der Waals surface area contributed by atoms with Crippen LogP contribution in [0.1, 0.15) is 34.6 Å². The summed E-state index contributed by atoms with van der Waals surface area (Å²) >= 11 is 0. The molecule has 0 spiro atoms. The van der Waals surface area contributed by atoms with Crippen LogP contribution in [-0.2, 0) is 9.59 Å². The van der Waals surface area contributed by atoms with E-state index in [1.807, 2.05) is 37.3 Å². The summed E-state index contributed by atoms with van der Waals surface area (Å²) in [6, 6.07) is 9.40. The van der Waals surface area contributed by atoms with Crippen molar-refractivity contribution in [2.75, 3.05) is 4.90 Å². The number of hydrogen-bond donors (Lipinski definition) is 1. The number of nitrogens with zero attached hydrogens (tertiary/aromatic N) is 1. The summed E-state index contributed by atoms with van der Waals surface area (Å²) in [5.41, 5.74) is 1.06. The summed E-state index contributed by atoms with van der Waals surface area (Å²) in [6.45, 7) is 10.9. The fourth-order valence-corrected chi connectivity index (χ4v) is 3.98. The van der Waals surface area contributed by atoms with Crippen molar-refractivity contribution in [1.82, 2.24) is 0 Å². The van der Waals surface area contributed by atoms with Gasteiger partial charge < -0.3 is 10.0 Å². The molecule has 0 bridgehead atoms. The molecule has 0 aromatic heterocycles. The van der Waals surface area contributed by atoms with E-state index in [9.17, 15) is 9.59 Å². The van der Waals surface area contributed by atoms with E-state index in [0.29, 0.717) is 5.92 Å². The standard InChI is InChI=1S/C19H25NO3/c1-13(17-18(2,3)19(17,4)5)20(14-9-7-6-8-10-14)15(21)11-12-16(22)23/h6-13,17H,1-5H3,(H,22,23)/b12-11+. The lowest BCUT2D eigenvalue weighted by Crippen LogP contribution is -2.40. The van der Waals surface area contributed by atoms with Crippen LogP contribution in [0.5, 0.6) is 0 Å². The third-order valence-corrected chi connectivity index (χ3v) is 5.66. The number of hydrogen-bond acceptors (Lipinski definition) is 2. The quantitative estimate of drug-likeness (QED) is 0.842. The average Bonchev–Trinajstić information content (AvgIpc) is 2.87. The maximum absolute atomic E-state index is 12.6. The molecule has 1 aliphatic carbocycles. The Kier molecular flexibility index (Phi) is 4.38. The van der Waals surface area contributed by atoms with E-state index >= 15 is 0 Å². The minimum Gasteiger partial charge on any atom is -0.478 e. The Morgan fingerprint density at radius 1 is 1.09 bits per heavy atom. The predicted molar refractivity (Wildman–Crippen MR) is 91.2 cm³/mol. The molecule has 0 radical (unpaired) electrons. The van der Waals surface area contributed by atoms with Gasteiger partial charge in [0.1, 0.15) is 0 Å². The van der Waals surface area contributed by atoms with Gasteiger partial charge in [-0.15, -0.1) is 0 Å². The van der Waals surface area contributed by atoms with Gasteiger partial charge in [0.2, 0.25) is 0 Å². The molecule has 23 heavy (non-hydrogen) atoms. The number of amides is 1. The number of rotatable bonds is 5. The van der Waals surface area contributed by atoms with Crippen LogP contribution in [0.15, 0.2) is 42.5 Å². The molecule has 0 saturated heterocycles. The van der Waals surface area contributed by atoms with Crippen molar-refractivity contribution < 1.29 is 14.7 Å². The molecule has 1 saturated carbocycles. The maximum atomic E-state index is 12.6. The second kappa shape index (κ2) is 5.84. The molecule has 4 nitrogen and oxygen atoms in total. The van der Waals surface area contributed by atoms with Gasteiger partial charge in [-0.1, -0.05) is 45.9 Å². The highest BCUT2D eigenvalue weighted by atomic mass is 16.4. The van der Waals surface area contributed by atoms with Crippen molar-refractivity contribution in [3.63, 3.8) is 0 Å². The van der Waals surface area contributed by atoms with Gasteiger partial charge in [-0.25, -0.2) is 4.79 Å². The fraction of sp³-hybridized carbons (Fsp3) is 0.474. The first kappa shape index (κ1) is 17.3. The molecule has 0 aliphatic heterocycles. The second-order valence-corrected chi connectivity index (χ2v) is 7.38. The van der Waals surface area contributed by atoms with Crippen molar-refractivity contribution in [3.05, 3.63) is 42.5 Å². The minimum absolute atomic E-state index is 0.0201. The molecule has 1 aromatic rings. The second-order valence-electron chi connectivity index (χ2n) is 7.38. The Hall–Kier alpha value is -2.10. The molecule has 1 N–H and O–H groups in total. The highest BCUT2D eigenvalue weighted by molar-refractivity contribution is 6.04. The Morgan fingerprint density at radius 3 is 2.04 bits per heavy atom. The van der Waals surface area contributed by atoms with Crippen molar-refractivity contribution in [2.45, 2.75) is 40.7 Å². The molecule has 4 heteroatoms. The highest BCUT2D eigenvalue weighted by Crippen LogP contribution is 2.70. The lowest BCUT2D eigenvalue weighted by atomic mass is 10.0. The molecule has 124 valence electrons. The van der Waals surface area contributed by atoms with Gasteiger partial charge in [0.25, 0.3) is 5.91 Å². The topological polar surface area (TPSA) is 57.6 Å². The van der Waals surface area contributed by atoms with E-state index in [1.54, 1.807) is 4.90 Å². The number of para-hydroxylation sites is 1. The van der Waals surface area contributed by atoms with Gasteiger partial charge in [0.05, 0.1) is 0 Å². The van der Waals surface area contributed by atoms with E-state index < -0.39 is 5.97 Å². The number of aliphatic carboxylic acids is 1. The first-order chi connectivity index (χ1) is 10.6. The first-order valence-electron chi connectivity index (χ1n) is 7.90. The van der Waals surface area contributed by atoms with E-state index in [-0.39, 0.29) is 22.8 Å². The number of carboxylic acids is 1. The smallest absolute Gasteiger partial charge is 0.328 e. The van der Waals surface area contributed by atoms with Gasteiger partial charge in [-0.05, 0) is 35.8 Å². The molecule has 1 fully saturated rings. The zero-order valence-electron chi connectivity index (χ0n) is 14.4. The summed E-state index contributed by atoms with van der Waals surface area (Å²) in [6.07, 6.45) is 2.03. The number of carbonyl (C=O) groups excluding carboxylic acids is 1. The van der Waals surface area contributed by atoms with Crippen LogP contribution in [0.4, 0.5) is 5.69 Å². The van der Waals surface area contributed by atoms with Crippen molar-refractivity contribution in [2.24, 2.45) is 16.7 Å². The lowest BCUT2D eigenvalue weighted by molar-refractivity contribution is -0.131. The number of anilines is 1. The fourth-order valence-electron chi connectivity index (χ4n) is 3.98. The van der Waals surface area contributed by atoms with Gasteiger partial charge in [-0.3, -0.25) is 4.79 Å². The Morgan fingerprint density at radius 2 is 1.61 bits per heavy atom. The van der Waals surface area contributed by atoms with Crippen LogP contribution in [0.25, 0.3) is 0 Å². The minimum atomic E-state index is -1.12. The number of benzene rings is 1. The van der Waals surface area contributed by atoms with Crippen LogP contribution in [-0.4, -0.2) is 23.0 Å². The van der Waals surface area contributed by atoms with Crippen LogP contribution in [0, 0.1) is 16.7 Å². The Balaban J connectivity index is 2.35. The van der Waals surface area contributed by atoms with Gasteiger partial charge >= 0.3 is 5.97 Å². The van der Waals surface area contributed by atoms with E-state index in [2.05, 4.69) is 27.7 Å². The summed E-state index contributed by atoms with van der Waals surface area (Å²) in [4.78, 5) is 25.1. The lowest BCUT2D eigenvalue weighted by Gasteiger charge is -2.30. The van der Waals surface area contributed by atoms with E-state index in [0.717, 1.165) is 17.8 Å². The van der Waals surface area contributed by atoms with Crippen molar-refractivity contribution >= 4 is 17.6 Å². The van der Waals surface area contributed by atoms with Crippen LogP contribution in [0.2, 0.25) is 0 Å². The molecule has 1 atom stereocenters. The highest BCUT2D eigenvalue weighted by Gasteiger charge is 2.67. The maximum Gasteiger partial charge on any atom is 0.328 e. The molecule has 1 aromatic carbocycles. The van der Waals surface area contributed by atoms with Gasteiger partial charge in [0, 0.05) is 23.9 Å². The third kappa shape index (κ3) is 3.03. The first-order valence-corrected chi connectivity index (χ1v) is 7.90. The van der Waals surface area contributed by atoms with Gasteiger partial charge in [0.15, 0.2) is 0 Å². The normalized spacial score (nSPS) is 20.2. The third-order valence-electron chi connectivity index (χ3n) is 5.66. The molecule has 1 amide bonds. The molecule has 1 unspecified atom stereocenters. The van der Waals surface area contributed by atoms with Gasteiger partial charge in [-0.2, -0.15) is 0 Å². The zero-order valence-corrected chi connectivity index (χ0v) is 14.4. The predicted octanol–water partition coefficient (Wildman–Crippen LogP) is 3.73. The Bertz CT molecular complexity index is 617. The summed E-state index contributed by atoms with van der Waals surface area (Å²) in [7, 11) is 0. The zero-order chi connectivity index (χ0) is 17.4. The molecular formula is C19H25NO3. The van der Waals surface area contributed by atoms with Crippen LogP contribution in [0.3, 0.4) is 0 Å². The van der Waals surface area contributed by atoms with Crippen LogP contribution < -0.4 is 4.90 Å². The van der Waals surface area contributed by atoms with Crippen molar-refractivity contribution in [1.29, 1.82) is 0 Å². The molecule has 0 heterocycles. The Labute approximate surface area is 137 Å². The summed E-state index contributed by atoms with van der Waals surface area (Å²) in [5, 5.41) is 8.78. The van der Waals surface area contributed by atoms with Crippen LogP contribution >= 0.6 is 0 Å². The average molecular weight is 315 g/mol. The summed E-state index contributed by atoms with van der Waals surface area (Å²) in [5.74, 6) is -1.08. The van der Waals surface area contributed by atoms with E-state index in [4.69, 9.17) is 5.11 Å². The molecular weight excluding hydrogens is 290 g/mol. The molecule has 1 aliphatic rings. The van der Waals surface area contributed by atoms with E-state index in [1.165, 1.54) is 0 Å². The largest absolute Gasteiger partial charge is 0.478 e. The molecule has 2 rings (SSSR count). The monoisotopic (exact) mass is 315 g/mol. The number of carbonyl (C=O) groups is 2. The number of carboxylic acid groups (broad SMARTS) is 1. The SMILES string of the molecule is CC(C1C(C)(C)C1(C)C)N(C(=O)/C=C/C(=O)O)c1ccccc1. The summed E-state index contributed by atoms with van der Waals surface area (Å²) < 4.78 is 0.